The maximum Gasteiger partial charge on any atom is 0.0541 e. The SMILES string of the molecule is c1ccc(-c2ccc(-c3cc(-c4ccc5c(c4)c4ccccc4n5-c4ccccc4)cc(-c4ccc5c(c4)c4ccccc4n5-c4ccccc4)c3)cc2)cc1. The third kappa shape index (κ3) is 5.34. The van der Waals surface area contributed by atoms with Gasteiger partial charge in [0.1, 0.15) is 0 Å². The molecule has 0 amide bonds. The first-order valence-electron chi connectivity index (χ1n) is 19.3. The molecule has 0 aliphatic heterocycles. The minimum atomic E-state index is 1.17. The molecule has 0 bridgehead atoms. The second kappa shape index (κ2) is 13.2. The summed E-state index contributed by atoms with van der Waals surface area (Å²) in [5.41, 5.74) is 16.7. The lowest BCUT2D eigenvalue weighted by Gasteiger charge is -2.13. The summed E-state index contributed by atoms with van der Waals surface area (Å²) in [6, 6.07) is 79.5. The lowest BCUT2D eigenvalue weighted by Crippen LogP contribution is -1.93. The molecule has 9 aromatic carbocycles. The molecule has 0 spiro atoms. The van der Waals surface area contributed by atoms with Crippen LogP contribution in [0.5, 0.6) is 0 Å². The Morgan fingerprint density at radius 3 is 0.982 bits per heavy atom. The fourth-order valence-corrected chi connectivity index (χ4v) is 8.63. The monoisotopic (exact) mass is 712 g/mol. The predicted molar refractivity (Wildman–Crippen MR) is 237 cm³/mol. The van der Waals surface area contributed by atoms with Gasteiger partial charge in [-0.2, -0.15) is 0 Å². The summed E-state index contributed by atoms with van der Waals surface area (Å²) in [6.45, 7) is 0. The topological polar surface area (TPSA) is 9.86 Å². The zero-order chi connectivity index (χ0) is 37.0. The van der Waals surface area contributed by atoms with E-state index >= 15 is 0 Å². The lowest BCUT2D eigenvalue weighted by molar-refractivity contribution is 1.18. The molecule has 2 aromatic heterocycles. The van der Waals surface area contributed by atoms with Gasteiger partial charge < -0.3 is 9.13 Å². The summed E-state index contributed by atoms with van der Waals surface area (Å²) in [5.74, 6) is 0. The summed E-state index contributed by atoms with van der Waals surface area (Å²) in [5, 5.41) is 5.00. The van der Waals surface area contributed by atoms with Crippen molar-refractivity contribution < 1.29 is 0 Å². The van der Waals surface area contributed by atoms with E-state index in [-0.39, 0.29) is 0 Å². The first kappa shape index (κ1) is 32.0. The fraction of sp³-hybridized carbons (Fsp3) is 0. The van der Waals surface area contributed by atoms with Crippen molar-refractivity contribution in [2.24, 2.45) is 0 Å². The molecule has 0 fully saturated rings. The number of rotatable bonds is 6. The highest BCUT2D eigenvalue weighted by Gasteiger charge is 2.16. The van der Waals surface area contributed by atoms with Gasteiger partial charge in [0.15, 0.2) is 0 Å². The van der Waals surface area contributed by atoms with Crippen LogP contribution >= 0.6 is 0 Å². The van der Waals surface area contributed by atoms with E-state index in [1.807, 2.05) is 0 Å². The molecule has 11 aromatic rings. The molecule has 0 aliphatic rings. The average Bonchev–Trinajstić information content (AvgIpc) is 3.79. The van der Waals surface area contributed by atoms with Crippen molar-refractivity contribution in [1.82, 2.24) is 9.13 Å². The van der Waals surface area contributed by atoms with E-state index in [4.69, 9.17) is 0 Å². The molecule has 0 unspecified atom stereocenters. The van der Waals surface area contributed by atoms with Crippen molar-refractivity contribution in [3.05, 3.63) is 218 Å². The van der Waals surface area contributed by atoms with Crippen molar-refractivity contribution in [2.45, 2.75) is 0 Å². The molecular formula is C54H36N2. The molecule has 2 heterocycles. The third-order valence-corrected chi connectivity index (χ3v) is 11.3. The van der Waals surface area contributed by atoms with Crippen molar-refractivity contribution in [2.75, 3.05) is 0 Å². The van der Waals surface area contributed by atoms with Crippen molar-refractivity contribution in [1.29, 1.82) is 0 Å². The summed E-state index contributed by atoms with van der Waals surface area (Å²) >= 11 is 0. The number of hydrogen-bond donors (Lipinski definition) is 0. The Bertz CT molecular complexity index is 3030. The zero-order valence-electron chi connectivity index (χ0n) is 30.7. The first-order valence-corrected chi connectivity index (χ1v) is 19.3. The van der Waals surface area contributed by atoms with Crippen LogP contribution in [0.1, 0.15) is 0 Å². The Morgan fingerprint density at radius 1 is 0.196 bits per heavy atom. The van der Waals surface area contributed by atoms with Crippen LogP contribution in [0.2, 0.25) is 0 Å². The normalized spacial score (nSPS) is 11.6. The number of nitrogens with zero attached hydrogens (tertiary/aromatic N) is 2. The quantitative estimate of drug-likeness (QED) is 0.162. The standard InChI is InChI=1S/C54H36N2/c1-4-14-37(15-5-1)38-24-26-39(27-25-38)42-32-43(40-28-30-53-49(35-40)47-20-10-12-22-51(47)55(53)45-16-6-2-7-17-45)34-44(33-42)41-29-31-54-50(36-41)48-21-11-13-23-52(48)56(54)46-18-8-3-9-19-46/h1-36H. The maximum atomic E-state index is 2.38. The molecule has 0 saturated heterocycles. The van der Waals surface area contributed by atoms with Crippen LogP contribution in [-0.2, 0) is 0 Å². The smallest absolute Gasteiger partial charge is 0.0541 e. The number of hydrogen-bond acceptors (Lipinski definition) is 0. The van der Waals surface area contributed by atoms with E-state index in [2.05, 4.69) is 228 Å². The van der Waals surface area contributed by atoms with Gasteiger partial charge in [-0.25, -0.2) is 0 Å². The third-order valence-electron chi connectivity index (χ3n) is 11.3. The van der Waals surface area contributed by atoms with Gasteiger partial charge in [0.25, 0.3) is 0 Å². The molecule has 0 aliphatic carbocycles. The van der Waals surface area contributed by atoms with Crippen molar-refractivity contribution in [3.8, 4) is 55.9 Å². The van der Waals surface area contributed by atoms with Crippen LogP contribution in [0.25, 0.3) is 99.5 Å². The molecule has 0 radical (unpaired) electrons. The Labute approximate surface area is 325 Å². The Balaban J connectivity index is 1.11. The lowest BCUT2D eigenvalue weighted by atomic mass is 9.91. The predicted octanol–water partition coefficient (Wildman–Crippen LogP) is 14.5. The number of fused-ring (bicyclic) bond motifs is 6. The van der Waals surface area contributed by atoms with Gasteiger partial charge in [-0.05, 0) is 123 Å². The number of para-hydroxylation sites is 4. The molecule has 2 heteroatoms. The van der Waals surface area contributed by atoms with Crippen LogP contribution in [0.4, 0.5) is 0 Å². The minimum Gasteiger partial charge on any atom is -0.309 e. The first-order chi connectivity index (χ1) is 27.8. The Morgan fingerprint density at radius 2 is 0.518 bits per heavy atom. The molecular weight excluding hydrogens is 677 g/mol. The van der Waals surface area contributed by atoms with Crippen molar-refractivity contribution in [3.63, 3.8) is 0 Å². The van der Waals surface area contributed by atoms with Crippen LogP contribution in [0.3, 0.4) is 0 Å². The Kier molecular flexibility index (Phi) is 7.53. The van der Waals surface area contributed by atoms with Gasteiger partial charge in [0.05, 0.1) is 22.1 Å². The number of benzene rings is 9. The van der Waals surface area contributed by atoms with E-state index in [1.165, 1.54) is 99.5 Å². The van der Waals surface area contributed by atoms with E-state index in [0.717, 1.165) is 0 Å². The second-order valence-corrected chi connectivity index (χ2v) is 14.6. The van der Waals surface area contributed by atoms with E-state index in [1.54, 1.807) is 0 Å². The summed E-state index contributed by atoms with van der Waals surface area (Å²) in [4.78, 5) is 0. The maximum absolute atomic E-state index is 2.38. The Hall–Kier alpha value is -7.42. The zero-order valence-corrected chi connectivity index (χ0v) is 30.7. The van der Waals surface area contributed by atoms with Gasteiger partial charge in [-0.1, -0.05) is 140 Å². The highest BCUT2D eigenvalue weighted by Crippen LogP contribution is 2.40. The van der Waals surface area contributed by atoms with Crippen LogP contribution in [-0.4, -0.2) is 9.13 Å². The van der Waals surface area contributed by atoms with Crippen molar-refractivity contribution >= 4 is 43.6 Å². The molecule has 11 rings (SSSR count). The molecule has 0 saturated carbocycles. The van der Waals surface area contributed by atoms with Crippen LogP contribution in [0.15, 0.2) is 218 Å². The van der Waals surface area contributed by atoms with Gasteiger partial charge >= 0.3 is 0 Å². The van der Waals surface area contributed by atoms with Crippen LogP contribution in [0, 0.1) is 0 Å². The second-order valence-electron chi connectivity index (χ2n) is 14.6. The summed E-state index contributed by atoms with van der Waals surface area (Å²) in [7, 11) is 0. The van der Waals surface area contributed by atoms with Gasteiger partial charge in [0.2, 0.25) is 0 Å². The average molecular weight is 713 g/mol. The van der Waals surface area contributed by atoms with E-state index in [9.17, 15) is 0 Å². The van der Waals surface area contributed by atoms with Gasteiger partial charge in [-0.15, -0.1) is 0 Å². The molecule has 2 nitrogen and oxygen atoms in total. The molecule has 262 valence electrons. The highest BCUT2D eigenvalue weighted by atomic mass is 15.0. The largest absolute Gasteiger partial charge is 0.309 e. The number of aromatic nitrogens is 2. The molecule has 56 heavy (non-hydrogen) atoms. The van der Waals surface area contributed by atoms with Crippen LogP contribution < -0.4 is 0 Å². The van der Waals surface area contributed by atoms with E-state index < -0.39 is 0 Å². The molecule has 0 N–H and O–H groups in total. The summed E-state index contributed by atoms with van der Waals surface area (Å²) in [6.07, 6.45) is 0. The van der Waals surface area contributed by atoms with Gasteiger partial charge in [-0.3, -0.25) is 0 Å². The fourth-order valence-electron chi connectivity index (χ4n) is 8.63. The molecule has 0 atom stereocenters. The van der Waals surface area contributed by atoms with Gasteiger partial charge in [0, 0.05) is 32.9 Å². The highest BCUT2D eigenvalue weighted by molar-refractivity contribution is 6.12. The summed E-state index contributed by atoms with van der Waals surface area (Å²) < 4.78 is 4.76. The minimum absolute atomic E-state index is 1.17. The van der Waals surface area contributed by atoms with E-state index in [0.29, 0.717) is 0 Å².